The van der Waals surface area contributed by atoms with Crippen LogP contribution in [0.4, 0.5) is 0 Å². The molecule has 0 fully saturated rings. The van der Waals surface area contributed by atoms with Gasteiger partial charge in [-0.1, -0.05) is 11.8 Å². The van der Waals surface area contributed by atoms with Crippen molar-refractivity contribution < 1.29 is 5.11 Å². The van der Waals surface area contributed by atoms with Gasteiger partial charge in [0.15, 0.2) is 5.16 Å². The van der Waals surface area contributed by atoms with Crippen LogP contribution in [0.15, 0.2) is 28.0 Å². The third kappa shape index (κ3) is 1.69. The fraction of sp³-hybridized carbons (Fsp3) is 0.111. The van der Waals surface area contributed by atoms with Crippen molar-refractivity contribution >= 4 is 38.6 Å². The smallest absolute Gasteiger partial charge is 0.188 e. The molecule has 0 aliphatic heterocycles. The third-order valence-corrected chi connectivity index (χ3v) is 2.95. The Kier molecular flexibility index (Phi) is 2.60. The Morgan fingerprint density at radius 2 is 2.14 bits per heavy atom. The van der Waals surface area contributed by atoms with Crippen LogP contribution in [0.3, 0.4) is 0 Å². The van der Waals surface area contributed by atoms with Crippen LogP contribution in [0.25, 0.3) is 10.9 Å². The molecule has 0 saturated heterocycles. The van der Waals surface area contributed by atoms with E-state index in [9.17, 15) is 5.11 Å². The number of aromatic nitrogens is 2. The second-order valence-electron chi connectivity index (χ2n) is 2.70. The summed E-state index contributed by atoms with van der Waals surface area (Å²) in [5.41, 5.74) is 0.747. The maximum atomic E-state index is 9.30. The van der Waals surface area contributed by atoms with Gasteiger partial charge in [-0.2, -0.15) is 0 Å². The van der Waals surface area contributed by atoms with Gasteiger partial charge in [0.2, 0.25) is 0 Å². The predicted octanol–water partition coefficient (Wildman–Crippen LogP) is 2.82. The largest absolute Gasteiger partial charge is 0.508 e. The van der Waals surface area contributed by atoms with Crippen molar-refractivity contribution in [2.24, 2.45) is 0 Å². The van der Waals surface area contributed by atoms with Crippen molar-refractivity contribution in [2.75, 3.05) is 6.26 Å². The van der Waals surface area contributed by atoms with Gasteiger partial charge < -0.3 is 5.11 Å². The molecule has 1 aromatic carbocycles. The highest BCUT2D eigenvalue weighted by Crippen LogP contribution is 2.26. The molecule has 1 heterocycles. The molecular weight excluding hydrogens is 264 g/mol. The lowest BCUT2D eigenvalue weighted by molar-refractivity contribution is 0.476. The van der Waals surface area contributed by atoms with E-state index in [1.54, 1.807) is 18.2 Å². The van der Waals surface area contributed by atoms with E-state index in [1.807, 2.05) is 6.26 Å². The van der Waals surface area contributed by atoms with E-state index in [0.717, 1.165) is 15.5 Å². The van der Waals surface area contributed by atoms with Gasteiger partial charge in [-0.05, 0) is 34.3 Å². The molecule has 1 N–H and O–H groups in total. The first-order chi connectivity index (χ1) is 6.70. The number of hydrogen-bond acceptors (Lipinski definition) is 4. The molecule has 0 aliphatic rings. The number of thioether (sulfide) groups is 1. The van der Waals surface area contributed by atoms with Crippen LogP contribution in [0, 0.1) is 0 Å². The van der Waals surface area contributed by atoms with Gasteiger partial charge in [-0.25, -0.2) is 9.97 Å². The van der Waals surface area contributed by atoms with Gasteiger partial charge in [-0.3, -0.25) is 0 Å². The van der Waals surface area contributed by atoms with Gasteiger partial charge >= 0.3 is 0 Å². The maximum Gasteiger partial charge on any atom is 0.188 e. The predicted molar refractivity (Wildman–Crippen MR) is 60.7 cm³/mol. The van der Waals surface area contributed by atoms with Gasteiger partial charge in [0.25, 0.3) is 0 Å². The number of halogens is 1. The van der Waals surface area contributed by atoms with Crippen molar-refractivity contribution in [3.63, 3.8) is 0 Å². The third-order valence-electron chi connectivity index (χ3n) is 1.80. The first-order valence-electron chi connectivity index (χ1n) is 3.91. The lowest BCUT2D eigenvalue weighted by atomic mass is 10.2. The van der Waals surface area contributed by atoms with Crippen molar-refractivity contribution in [3.8, 4) is 5.75 Å². The standard InChI is InChI=1S/C9H7BrN2OS/c1-14-9-11-7-4-5(13)2-3-6(7)8(10)12-9/h2-4,13H,1H3. The minimum Gasteiger partial charge on any atom is -0.508 e. The molecule has 0 aliphatic carbocycles. The van der Waals surface area contributed by atoms with E-state index in [-0.39, 0.29) is 5.75 Å². The van der Waals surface area contributed by atoms with Crippen molar-refractivity contribution in [1.82, 2.24) is 9.97 Å². The summed E-state index contributed by atoms with van der Waals surface area (Å²) in [6, 6.07) is 5.04. The van der Waals surface area contributed by atoms with Crippen LogP contribution in [-0.4, -0.2) is 21.3 Å². The number of hydrogen-bond donors (Lipinski definition) is 1. The normalized spacial score (nSPS) is 10.7. The number of phenolic OH excluding ortho intramolecular Hbond substituents is 1. The fourth-order valence-electron chi connectivity index (χ4n) is 1.15. The van der Waals surface area contributed by atoms with Crippen LogP contribution >= 0.6 is 27.7 Å². The molecule has 3 nitrogen and oxygen atoms in total. The summed E-state index contributed by atoms with van der Waals surface area (Å²) in [4.78, 5) is 8.51. The van der Waals surface area contributed by atoms with Crippen LogP contribution in [0.5, 0.6) is 5.75 Å². The number of aromatic hydroxyl groups is 1. The van der Waals surface area contributed by atoms with Crippen molar-refractivity contribution in [2.45, 2.75) is 5.16 Å². The molecule has 14 heavy (non-hydrogen) atoms. The molecule has 2 rings (SSSR count). The Balaban J connectivity index is 2.77. The minimum absolute atomic E-state index is 0.218. The van der Waals surface area contributed by atoms with Crippen LogP contribution in [0.2, 0.25) is 0 Å². The Hall–Kier alpha value is -0.810. The number of rotatable bonds is 1. The van der Waals surface area contributed by atoms with Gasteiger partial charge in [0, 0.05) is 11.5 Å². The second-order valence-corrected chi connectivity index (χ2v) is 4.23. The highest BCUT2D eigenvalue weighted by Gasteiger charge is 2.05. The molecule has 0 radical (unpaired) electrons. The first kappa shape index (κ1) is 9.73. The Morgan fingerprint density at radius 3 is 2.86 bits per heavy atom. The van der Waals surface area contributed by atoms with Gasteiger partial charge in [0.1, 0.15) is 10.4 Å². The quantitative estimate of drug-likeness (QED) is 0.492. The summed E-state index contributed by atoms with van der Waals surface area (Å²) in [6.45, 7) is 0. The molecule has 2 aromatic rings. The molecule has 0 amide bonds. The van der Waals surface area contributed by atoms with E-state index in [2.05, 4.69) is 25.9 Å². The Labute approximate surface area is 93.7 Å². The maximum absolute atomic E-state index is 9.30. The highest BCUT2D eigenvalue weighted by molar-refractivity contribution is 9.10. The van der Waals surface area contributed by atoms with Crippen LogP contribution in [-0.2, 0) is 0 Å². The van der Waals surface area contributed by atoms with Crippen LogP contribution in [0.1, 0.15) is 0 Å². The van der Waals surface area contributed by atoms with E-state index in [0.29, 0.717) is 5.16 Å². The molecule has 0 saturated carbocycles. The van der Waals surface area contributed by atoms with E-state index in [4.69, 9.17) is 0 Å². The molecule has 0 bridgehead atoms. The number of phenols is 1. The SMILES string of the molecule is CSc1nc(Br)c2ccc(O)cc2n1. The van der Waals surface area contributed by atoms with Gasteiger partial charge in [-0.15, -0.1) is 0 Å². The second kappa shape index (κ2) is 3.74. The number of fused-ring (bicyclic) bond motifs is 1. The van der Waals surface area contributed by atoms with E-state index >= 15 is 0 Å². The average molecular weight is 271 g/mol. The lowest BCUT2D eigenvalue weighted by Gasteiger charge is -2.02. The number of nitrogens with zero attached hydrogens (tertiary/aromatic N) is 2. The molecular formula is C9H7BrN2OS. The first-order valence-corrected chi connectivity index (χ1v) is 5.93. The van der Waals surface area contributed by atoms with Gasteiger partial charge in [0.05, 0.1) is 5.52 Å². The molecule has 0 spiro atoms. The molecule has 1 aromatic heterocycles. The summed E-state index contributed by atoms with van der Waals surface area (Å²) in [5.74, 6) is 0.218. The molecule has 0 unspecified atom stereocenters. The van der Waals surface area contributed by atoms with E-state index in [1.165, 1.54) is 11.8 Å². The molecule has 0 atom stereocenters. The Morgan fingerprint density at radius 1 is 1.36 bits per heavy atom. The summed E-state index contributed by atoms with van der Waals surface area (Å²) in [7, 11) is 0. The highest BCUT2D eigenvalue weighted by atomic mass is 79.9. The zero-order valence-corrected chi connectivity index (χ0v) is 9.76. The minimum atomic E-state index is 0.218. The van der Waals surface area contributed by atoms with Crippen LogP contribution < -0.4 is 0 Å². The zero-order chi connectivity index (χ0) is 10.1. The Bertz CT molecular complexity index is 489. The zero-order valence-electron chi connectivity index (χ0n) is 7.36. The number of benzene rings is 1. The monoisotopic (exact) mass is 270 g/mol. The summed E-state index contributed by atoms with van der Waals surface area (Å²) in [5, 5.41) is 10.9. The summed E-state index contributed by atoms with van der Waals surface area (Å²) in [6.07, 6.45) is 1.91. The molecule has 5 heteroatoms. The average Bonchev–Trinajstić information content (AvgIpc) is 2.16. The fourth-order valence-corrected chi connectivity index (χ4v) is 2.14. The van der Waals surface area contributed by atoms with Crippen molar-refractivity contribution in [3.05, 3.63) is 22.8 Å². The lowest BCUT2D eigenvalue weighted by Crippen LogP contribution is -1.88. The summed E-state index contributed by atoms with van der Waals surface area (Å²) >= 11 is 4.84. The van der Waals surface area contributed by atoms with Crippen molar-refractivity contribution in [1.29, 1.82) is 0 Å². The summed E-state index contributed by atoms with van der Waals surface area (Å²) < 4.78 is 0.756. The van der Waals surface area contributed by atoms with E-state index < -0.39 is 0 Å². The molecule has 72 valence electrons. The topological polar surface area (TPSA) is 46.0 Å².